The molecule has 0 aliphatic heterocycles. The number of hydrogen-bond donors (Lipinski definition) is 2. The summed E-state index contributed by atoms with van der Waals surface area (Å²) in [5.41, 5.74) is 3.98. The third kappa shape index (κ3) is 4.96. The monoisotopic (exact) mass is 318 g/mol. The van der Waals surface area contributed by atoms with Crippen LogP contribution in [-0.4, -0.2) is 31.6 Å². The summed E-state index contributed by atoms with van der Waals surface area (Å²) in [6.07, 6.45) is 1.61. The number of halogens is 1. The zero-order valence-corrected chi connectivity index (χ0v) is 12.8. The summed E-state index contributed by atoms with van der Waals surface area (Å²) in [5, 5.41) is 12.6. The van der Waals surface area contributed by atoms with Gasteiger partial charge in [0.1, 0.15) is 12.4 Å². The van der Waals surface area contributed by atoms with Crippen LogP contribution in [0.3, 0.4) is 0 Å². The Kier molecular flexibility index (Phi) is 6.38. The number of nitrogens with one attached hydrogen (secondary N) is 1. The van der Waals surface area contributed by atoms with Gasteiger partial charge in [-0.15, -0.1) is 0 Å². The predicted octanol–water partition coefficient (Wildman–Crippen LogP) is 2.33. The van der Waals surface area contributed by atoms with Crippen LogP contribution >= 0.6 is 0 Å². The largest absolute Gasteiger partial charge is 0.493 e. The minimum atomic E-state index is -0.301. The van der Waals surface area contributed by atoms with E-state index in [0.29, 0.717) is 23.6 Å². The molecule has 0 saturated carbocycles. The second-order valence-corrected chi connectivity index (χ2v) is 4.68. The predicted molar refractivity (Wildman–Crippen MR) is 86.4 cm³/mol. The average molecular weight is 318 g/mol. The lowest BCUT2D eigenvalue weighted by Gasteiger charge is -2.11. The van der Waals surface area contributed by atoms with E-state index >= 15 is 0 Å². The lowest BCUT2D eigenvalue weighted by Crippen LogP contribution is -2.11. The quantitative estimate of drug-likeness (QED) is 0.445. The van der Waals surface area contributed by atoms with E-state index in [-0.39, 0.29) is 19.0 Å². The van der Waals surface area contributed by atoms with Crippen molar-refractivity contribution in [3.05, 3.63) is 59.4 Å². The molecule has 0 fully saturated rings. The molecule has 0 heterocycles. The molecule has 0 aromatic heterocycles. The van der Waals surface area contributed by atoms with E-state index in [9.17, 15) is 4.39 Å². The maximum atomic E-state index is 13.6. The molecular weight excluding hydrogens is 299 g/mol. The number of benzene rings is 2. The molecule has 122 valence electrons. The summed E-state index contributed by atoms with van der Waals surface area (Å²) in [6.45, 7) is 0.523. The molecule has 0 amide bonds. The van der Waals surface area contributed by atoms with Gasteiger partial charge in [-0.3, -0.25) is 0 Å². The fourth-order valence-corrected chi connectivity index (χ4v) is 1.89. The summed E-state index contributed by atoms with van der Waals surface area (Å²) < 4.78 is 24.5. The maximum absolute atomic E-state index is 13.6. The minimum absolute atomic E-state index is 0.0173. The van der Waals surface area contributed by atoms with Crippen LogP contribution in [0.25, 0.3) is 0 Å². The van der Waals surface area contributed by atoms with Crippen LogP contribution in [0.2, 0.25) is 0 Å². The molecule has 2 aromatic carbocycles. The van der Waals surface area contributed by atoms with Gasteiger partial charge in [-0.25, -0.2) is 4.39 Å². The topological polar surface area (TPSA) is 63.1 Å². The van der Waals surface area contributed by atoms with Crippen LogP contribution in [0.5, 0.6) is 11.5 Å². The van der Waals surface area contributed by atoms with Crippen LogP contribution in [0, 0.1) is 5.82 Å². The standard InChI is InChI=1S/C17H19FN2O3/c1-22-17-10-13(11-20-19-8-9-21)6-7-16(17)23-12-14-4-2-3-5-15(14)18/h2-7,10-11,19,21H,8-9,12H2,1H3. The number of rotatable bonds is 8. The summed E-state index contributed by atoms with van der Waals surface area (Å²) in [6, 6.07) is 11.8. The van der Waals surface area contributed by atoms with Crippen LogP contribution in [0.1, 0.15) is 11.1 Å². The molecule has 2 N–H and O–H groups in total. The molecule has 5 nitrogen and oxygen atoms in total. The van der Waals surface area contributed by atoms with E-state index in [1.54, 1.807) is 36.5 Å². The first-order valence-electron chi connectivity index (χ1n) is 7.15. The van der Waals surface area contributed by atoms with Gasteiger partial charge < -0.3 is 20.0 Å². The molecule has 0 saturated heterocycles. The van der Waals surface area contributed by atoms with Crippen LogP contribution < -0.4 is 14.9 Å². The zero-order valence-electron chi connectivity index (χ0n) is 12.8. The summed E-state index contributed by atoms with van der Waals surface area (Å²) >= 11 is 0. The normalized spacial score (nSPS) is 10.7. The minimum Gasteiger partial charge on any atom is -0.493 e. The Morgan fingerprint density at radius 3 is 2.78 bits per heavy atom. The SMILES string of the molecule is COc1cc(C=NNCCO)ccc1OCc1ccccc1F. The second-order valence-electron chi connectivity index (χ2n) is 4.68. The lowest BCUT2D eigenvalue weighted by atomic mass is 10.2. The molecule has 0 aliphatic rings. The Morgan fingerprint density at radius 2 is 2.04 bits per heavy atom. The fraction of sp³-hybridized carbons (Fsp3) is 0.235. The molecule has 23 heavy (non-hydrogen) atoms. The number of nitrogens with zero attached hydrogens (tertiary/aromatic N) is 1. The highest BCUT2D eigenvalue weighted by molar-refractivity contribution is 5.80. The zero-order chi connectivity index (χ0) is 16.5. The summed E-state index contributed by atoms with van der Waals surface area (Å²) in [7, 11) is 1.54. The van der Waals surface area contributed by atoms with Crippen LogP contribution in [0.15, 0.2) is 47.6 Å². The smallest absolute Gasteiger partial charge is 0.161 e. The number of ether oxygens (including phenoxy) is 2. The van der Waals surface area contributed by atoms with Crippen molar-refractivity contribution in [3.63, 3.8) is 0 Å². The van der Waals surface area contributed by atoms with Crippen LogP contribution in [0.4, 0.5) is 4.39 Å². The van der Waals surface area contributed by atoms with Crippen molar-refractivity contribution in [2.24, 2.45) is 5.10 Å². The molecule has 0 unspecified atom stereocenters. The van der Waals surface area contributed by atoms with Gasteiger partial charge in [0.2, 0.25) is 0 Å². The second kappa shape index (κ2) is 8.75. The Labute approximate surface area is 134 Å². The molecule has 0 bridgehead atoms. The Balaban J connectivity index is 2.04. The van der Waals surface area contributed by atoms with E-state index in [1.807, 2.05) is 6.07 Å². The number of aliphatic hydroxyl groups excluding tert-OH is 1. The Morgan fingerprint density at radius 1 is 1.22 bits per heavy atom. The molecule has 0 aliphatic carbocycles. The van der Waals surface area contributed by atoms with Crippen molar-refractivity contribution < 1.29 is 19.0 Å². The molecule has 0 radical (unpaired) electrons. The van der Waals surface area contributed by atoms with Gasteiger partial charge in [0, 0.05) is 5.56 Å². The fourth-order valence-electron chi connectivity index (χ4n) is 1.89. The first-order valence-corrected chi connectivity index (χ1v) is 7.15. The molecular formula is C17H19FN2O3. The number of methoxy groups -OCH3 is 1. The first kappa shape index (κ1) is 16.8. The summed E-state index contributed by atoms with van der Waals surface area (Å²) in [5.74, 6) is 0.758. The highest BCUT2D eigenvalue weighted by atomic mass is 19.1. The molecule has 2 rings (SSSR count). The molecule has 2 aromatic rings. The van der Waals surface area contributed by atoms with Crippen molar-refractivity contribution in [2.75, 3.05) is 20.3 Å². The summed E-state index contributed by atoms with van der Waals surface area (Å²) in [4.78, 5) is 0. The number of hydrazone groups is 1. The van der Waals surface area contributed by atoms with Gasteiger partial charge in [-0.05, 0) is 29.8 Å². The molecule has 0 atom stereocenters. The maximum Gasteiger partial charge on any atom is 0.161 e. The molecule has 0 spiro atoms. The third-order valence-electron chi connectivity index (χ3n) is 3.06. The van der Waals surface area contributed by atoms with Gasteiger partial charge in [0.05, 0.1) is 26.5 Å². The van der Waals surface area contributed by atoms with E-state index in [1.165, 1.54) is 13.2 Å². The Hall–Kier alpha value is -2.60. The highest BCUT2D eigenvalue weighted by Crippen LogP contribution is 2.28. The average Bonchev–Trinajstić information content (AvgIpc) is 2.58. The van der Waals surface area contributed by atoms with Crippen molar-refractivity contribution >= 4 is 6.21 Å². The van der Waals surface area contributed by atoms with Gasteiger partial charge in [0.25, 0.3) is 0 Å². The first-order chi connectivity index (χ1) is 11.2. The van der Waals surface area contributed by atoms with Crippen molar-refractivity contribution in [1.29, 1.82) is 0 Å². The Bertz CT molecular complexity index is 662. The van der Waals surface area contributed by atoms with E-state index in [2.05, 4.69) is 10.5 Å². The van der Waals surface area contributed by atoms with E-state index in [4.69, 9.17) is 14.6 Å². The van der Waals surface area contributed by atoms with Crippen LogP contribution in [-0.2, 0) is 6.61 Å². The lowest BCUT2D eigenvalue weighted by molar-refractivity contribution is 0.279. The van der Waals surface area contributed by atoms with Gasteiger partial charge in [-0.2, -0.15) is 5.10 Å². The van der Waals surface area contributed by atoms with Gasteiger partial charge in [0.15, 0.2) is 11.5 Å². The third-order valence-corrected chi connectivity index (χ3v) is 3.06. The van der Waals surface area contributed by atoms with Crippen molar-refractivity contribution in [2.45, 2.75) is 6.61 Å². The van der Waals surface area contributed by atoms with E-state index in [0.717, 1.165) is 5.56 Å². The number of hydrogen-bond acceptors (Lipinski definition) is 5. The highest BCUT2D eigenvalue weighted by Gasteiger charge is 2.07. The van der Waals surface area contributed by atoms with Gasteiger partial charge in [-0.1, -0.05) is 18.2 Å². The van der Waals surface area contributed by atoms with Gasteiger partial charge >= 0.3 is 0 Å². The van der Waals surface area contributed by atoms with Crippen molar-refractivity contribution in [1.82, 2.24) is 5.43 Å². The van der Waals surface area contributed by atoms with Crippen molar-refractivity contribution in [3.8, 4) is 11.5 Å². The molecule has 6 heteroatoms. The number of aliphatic hydroxyl groups is 1. The van der Waals surface area contributed by atoms with E-state index < -0.39 is 0 Å².